The Hall–Kier alpha value is -1.70. The molecule has 1 unspecified atom stereocenters. The van der Waals surface area contributed by atoms with Gasteiger partial charge in [-0.1, -0.05) is 30.3 Å². The quantitative estimate of drug-likeness (QED) is 0.730. The first kappa shape index (κ1) is 8.88. The summed E-state index contributed by atoms with van der Waals surface area (Å²) in [4.78, 5) is 1.99. The molecule has 0 saturated heterocycles. The van der Waals surface area contributed by atoms with Gasteiger partial charge in [-0.2, -0.15) is 0 Å². The van der Waals surface area contributed by atoms with E-state index >= 15 is 0 Å². The number of aliphatic hydroxyl groups excluding tert-OH is 1. The van der Waals surface area contributed by atoms with Gasteiger partial charge in [0.25, 0.3) is 0 Å². The molecule has 14 heavy (non-hydrogen) atoms. The minimum absolute atomic E-state index is 0.0406. The molecule has 0 radical (unpaired) electrons. The number of likely N-dealkylation sites (N-methyl/N-ethyl adjacent to an activating group) is 1. The Labute approximate surface area is 83.8 Å². The lowest BCUT2D eigenvalue weighted by molar-refractivity contribution is 0.260. The minimum Gasteiger partial charge on any atom is -0.510 e. The van der Waals surface area contributed by atoms with Crippen LogP contribution in [0.4, 0.5) is 0 Å². The molecule has 0 spiro atoms. The van der Waals surface area contributed by atoms with Crippen molar-refractivity contribution in [2.45, 2.75) is 6.04 Å². The number of hydrogen-bond donors (Lipinski definition) is 1. The maximum absolute atomic E-state index is 9.76. The summed E-state index contributed by atoms with van der Waals surface area (Å²) in [7, 11) is 1.96. The van der Waals surface area contributed by atoms with Gasteiger partial charge in [-0.05, 0) is 23.9 Å². The van der Waals surface area contributed by atoms with Crippen LogP contribution >= 0.6 is 0 Å². The van der Waals surface area contributed by atoms with Gasteiger partial charge in [-0.15, -0.1) is 0 Å². The van der Waals surface area contributed by atoms with Crippen LogP contribution in [-0.4, -0.2) is 17.1 Å². The lowest BCUT2D eigenvalue weighted by Gasteiger charge is -2.28. The van der Waals surface area contributed by atoms with Crippen molar-refractivity contribution in [3.8, 4) is 0 Å². The van der Waals surface area contributed by atoms with Crippen molar-refractivity contribution < 1.29 is 5.11 Å². The molecule has 2 heteroatoms. The maximum atomic E-state index is 9.76. The van der Waals surface area contributed by atoms with Gasteiger partial charge in [0, 0.05) is 7.05 Å². The van der Waals surface area contributed by atoms with Crippen molar-refractivity contribution in [1.29, 1.82) is 0 Å². The van der Waals surface area contributed by atoms with Crippen molar-refractivity contribution in [1.82, 2.24) is 4.90 Å². The molecule has 0 saturated carbocycles. The zero-order valence-electron chi connectivity index (χ0n) is 8.09. The molecule has 0 bridgehead atoms. The minimum atomic E-state index is -0.0406. The van der Waals surface area contributed by atoms with Gasteiger partial charge in [0.1, 0.15) is 11.8 Å². The summed E-state index contributed by atoms with van der Waals surface area (Å²) in [5, 5.41) is 9.76. The second-order valence-electron chi connectivity index (χ2n) is 3.41. The zero-order chi connectivity index (χ0) is 9.97. The van der Waals surface area contributed by atoms with E-state index in [1.165, 1.54) is 0 Å². The number of hydrogen-bond acceptors (Lipinski definition) is 2. The Bertz CT molecular complexity index is 367. The lowest BCUT2D eigenvalue weighted by atomic mass is 10.0. The summed E-state index contributed by atoms with van der Waals surface area (Å²) in [5.41, 5.74) is 1.10. The second-order valence-corrected chi connectivity index (χ2v) is 3.41. The summed E-state index contributed by atoms with van der Waals surface area (Å²) in [6.07, 6.45) is 5.53. The van der Waals surface area contributed by atoms with Gasteiger partial charge >= 0.3 is 0 Å². The van der Waals surface area contributed by atoms with Crippen molar-refractivity contribution in [3.05, 3.63) is 60.0 Å². The van der Waals surface area contributed by atoms with Gasteiger partial charge in [0.05, 0.1) is 0 Å². The van der Waals surface area contributed by atoms with Crippen LogP contribution < -0.4 is 0 Å². The summed E-state index contributed by atoms with van der Waals surface area (Å²) in [6.45, 7) is 0. The van der Waals surface area contributed by atoms with Gasteiger partial charge in [-0.25, -0.2) is 0 Å². The fourth-order valence-electron chi connectivity index (χ4n) is 1.70. The molecule has 1 aromatic carbocycles. The monoisotopic (exact) mass is 187 g/mol. The fraction of sp³-hybridized carbons (Fsp3) is 0.167. The largest absolute Gasteiger partial charge is 0.510 e. The first-order valence-electron chi connectivity index (χ1n) is 4.63. The molecule has 1 N–H and O–H groups in total. The Kier molecular flexibility index (Phi) is 2.27. The molecule has 1 aromatic rings. The average Bonchev–Trinajstić information content (AvgIpc) is 2.19. The molecule has 1 atom stereocenters. The summed E-state index contributed by atoms with van der Waals surface area (Å²) in [5.74, 6) is 0.390. The molecule has 2 nitrogen and oxygen atoms in total. The lowest BCUT2D eigenvalue weighted by Crippen LogP contribution is -2.22. The summed E-state index contributed by atoms with van der Waals surface area (Å²) < 4.78 is 0. The average molecular weight is 187 g/mol. The van der Waals surface area contributed by atoms with Gasteiger partial charge in [-0.3, -0.25) is 0 Å². The van der Waals surface area contributed by atoms with E-state index in [0.717, 1.165) is 5.56 Å². The molecule has 0 amide bonds. The summed E-state index contributed by atoms with van der Waals surface area (Å²) in [6, 6.07) is 9.93. The second kappa shape index (κ2) is 3.58. The van der Waals surface area contributed by atoms with E-state index in [1.54, 1.807) is 6.08 Å². The summed E-state index contributed by atoms with van der Waals surface area (Å²) >= 11 is 0. The van der Waals surface area contributed by atoms with E-state index in [9.17, 15) is 5.11 Å². The molecule has 1 heterocycles. The van der Waals surface area contributed by atoms with Crippen LogP contribution in [0.2, 0.25) is 0 Å². The smallest absolute Gasteiger partial charge is 0.119 e. The van der Waals surface area contributed by atoms with Gasteiger partial charge in [0.2, 0.25) is 0 Å². The van der Waals surface area contributed by atoms with Gasteiger partial charge in [0.15, 0.2) is 0 Å². The zero-order valence-corrected chi connectivity index (χ0v) is 8.09. The van der Waals surface area contributed by atoms with Crippen LogP contribution in [0.3, 0.4) is 0 Å². The van der Waals surface area contributed by atoms with Crippen molar-refractivity contribution in [2.24, 2.45) is 0 Å². The van der Waals surface area contributed by atoms with Crippen molar-refractivity contribution in [2.75, 3.05) is 7.05 Å². The van der Waals surface area contributed by atoms with Crippen LogP contribution in [0.25, 0.3) is 0 Å². The van der Waals surface area contributed by atoms with Crippen LogP contribution in [0.15, 0.2) is 54.4 Å². The number of allylic oxidation sites excluding steroid dienone is 2. The Morgan fingerprint density at radius 1 is 1.21 bits per heavy atom. The van der Waals surface area contributed by atoms with Crippen LogP contribution in [0.1, 0.15) is 11.6 Å². The third-order valence-electron chi connectivity index (χ3n) is 2.39. The van der Waals surface area contributed by atoms with Crippen LogP contribution in [0, 0.1) is 0 Å². The first-order valence-corrected chi connectivity index (χ1v) is 4.63. The Morgan fingerprint density at radius 2 is 1.93 bits per heavy atom. The third kappa shape index (κ3) is 1.51. The van der Waals surface area contributed by atoms with E-state index in [-0.39, 0.29) is 6.04 Å². The third-order valence-corrected chi connectivity index (χ3v) is 2.39. The molecular formula is C12H13NO. The highest BCUT2D eigenvalue weighted by molar-refractivity contribution is 5.30. The SMILES string of the molecule is CN1C=CC=C(O)C1c1ccccc1. The van der Waals surface area contributed by atoms with Crippen molar-refractivity contribution in [3.63, 3.8) is 0 Å². The maximum Gasteiger partial charge on any atom is 0.119 e. The van der Waals surface area contributed by atoms with E-state index in [4.69, 9.17) is 0 Å². The molecule has 72 valence electrons. The molecule has 0 aliphatic carbocycles. The number of rotatable bonds is 1. The van der Waals surface area contributed by atoms with E-state index in [1.807, 2.05) is 54.6 Å². The van der Waals surface area contributed by atoms with E-state index < -0.39 is 0 Å². The van der Waals surface area contributed by atoms with Crippen molar-refractivity contribution >= 4 is 0 Å². The molecular weight excluding hydrogens is 174 g/mol. The van der Waals surface area contributed by atoms with Gasteiger partial charge < -0.3 is 10.0 Å². The normalized spacial score (nSPS) is 20.8. The Morgan fingerprint density at radius 3 is 2.57 bits per heavy atom. The molecule has 0 aromatic heterocycles. The highest BCUT2D eigenvalue weighted by atomic mass is 16.3. The number of aliphatic hydroxyl groups is 1. The topological polar surface area (TPSA) is 23.5 Å². The fourth-order valence-corrected chi connectivity index (χ4v) is 1.70. The standard InChI is InChI=1S/C12H13NO/c1-13-9-5-8-11(14)12(13)10-6-3-2-4-7-10/h2-9,12,14H,1H3. The predicted molar refractivity (Wildman–Crippen MR) is 56.8 cm³/mol. The molecule has 0 fully saturated rings. The Balaban J connectivity index is 2.35. The predicted octanol–water partition coefficient (Wildman–Crippen LogP) is 2.63. The van der Waals surface area contributed by atoms with Crippen LogP contribution in [-0.2, 0) is 0 Å². The van der Waals surface area contributed by atoms with E-state index in [2.05, 4.69) is 0 Å². The highest BCUT2D eigenvalue weighted by Crippen LogP contribution is 2.28. The molecule has 1 aliphatic heterocycles. The van der Waals surface area contributed by atoms with Crippen LogP contribution in [0.5, 0.6) is 0 Å². The molecule has 1 aliphatic rings. The van der Waals surface area contributed by atoms with E-state index in [0.29, 0.717) is 5.76 Å². The highest BCUT2D eigenvalue weighted by Gasteiger charge is 2.20. The number of benzene rings is 1. The molecule has 2 rings (SSSR count). The number of nitrogens with zero attached hydrogens (tertiary/aromatic N) is 1. The first-order chi connectivity index (χ1) is 6.79.